The maximum Gasteiger partial charge on any atom is 0.460 e. The number of alkyl halides is 7. The first-order chi connectivity index (χ1) is 16.5. The fourth-order valence-electron chi connectivity index (χ4n) is 3.26. The van der Waals surface area contributed by atoms with E-state index in [0.717, 1.165) is 24.3 Å². The monoisotopic (exact) mass is 523 g/mol. The van der Waals surface area contributed by atoms with Crippen molar-refractivity contribution in [1.82, 2.24) is 5.01 Å². The van der Waals surface area contributed by atoms with Crippen LogP contribution in [0.1, 0.15) is 17.5 Å². The molecule has 8 nitrogen and oxygen atoms in total. The van der Waals surface area contributed by atoms with E-state index in [4.69, 9.17) is 4.74 Å². The van der Waals surface area contributed by atoms with Crippen molar-refractivity contribution in [3.05, 3.63) is 69.8 Å². The maximum absolute atomic E-state index is 14.7. The second-order valence-electron chi connectivity index (χ2n) is 7.80. The van der Waals surface area contributed by atoms with E-state index in [0.29, 0.717) is 5.56 Å². The highest BCUT2D eigenvalue weighted by Gasteiger charge is 2.82. The Kier molecular flexibility index (Phi) is 6.74. The lowest BCUT2D eigenvalue weighted by Gasteiger charge is -2.41. The van der Waals surface area contributed by atoms with Gasteiger partial charge in [-0.15, -0.1) is 0 Å². The van der Waals surface area contributed by atoms with E-state index in [2.05, 4.69) is 5.10 Å². The molecule has 36 heavy (non-hydrogen) atoms. The minimum Gasteiger partial charge on any atom is -0.484 e. The molecular weight excluding hydrogens is 507 g/mol. The van der Waals surface area contributed by atoms with Crippen molar-refractivity contribution in [3.63, 3.8) is 0 Å². The number of nitro groups is 1. The smallest absolute Gasteiger partial charge is 0.460 e. The van der Waals surface area contributed by atoms with Crippen molar-refractivity contribution in [1.29, 1.82) is 0 Å². The zero-order valence-corrected chi connectivity index (χ0v) is 18.1. The van der Waals surface area contributed by atoms with E-state index < -0.39 is 58.3 Å². The minimum atomic E-state index is -6.77. The predicted molar refractivity (Wildman–Crippen MR) is 109 cm³/mol. The molecule has 0 unspecified atom stereocenters. The van der Waals surface area contributed by atoms with E-state index in [-0.39, 0.29) is 17.0 Å². The van der Waals surface area contributed by atoms with Gasteiger partial charge in [-0.2, -0.15) is 40.8 Å². The summed E-state index contributed by atoms with van der Waals surface area (Å²) in [6.45, 7) is 0.415. The van der Waals surface area contributed by atoms with E-state index in [1.807, 2.05) is 0 Å². The number of hydrazone groups is 1. The average molecular weight is 523 g/mol. The van der Waals surface area contributed by atoms with Gasteiger partial charge in [0.05, 0.1) is 10.6 Å². The molecule has 0 spiro atoms. The standard InChI is InChI=1S/C21H16F7N3O5/c1-12-2-4-13(5-3-12)16-10-18(33,19(22,23)20(24,25)21(26,27)28)30(29-16)17(32)11-36-15-8-6-14(7-9-15)31(34)35/h2-9,33H,10-11H2,1H3/t18-/m1/s1. The van der Waals surface area contributed by atoms with Crippen LogP contribution >= 0.6 is 0 Å². The number of nitrogens with zero attached hydrogens (tertiary/aromatic N) is 3. The fourth-order valence-corrected chi connectivity index (χ4v) is 3.26. The van der Waals surface area contributed by atoms with Gasteiger partial charge in [0.2, 0.25) is 5.72 Å². The molecule has 0 saturated carbocycles. The van der Waals surface area contributed by atoms with Crippen LogP contribution in [0.2, 0.25) is 0 Å². The Morgan fingerprint density at radius 1 is 1.08 bits per heavy atom. The van der Waals surface area contributed by atoms with Gasteiger partial charge in [-0.25, -0.2) is 0 Å². The first-order valence-corrected chi connectivity index (χ1v) is 9.91. The largest absolute Gasteiger partial charge is 0.484 e. The van der Waals surface area contributed by atoms with Crippen LogP contribution in [0.4, 0.5) is 36.4 Å². The van der Waals surface area contributed by atoms with Crippen LogP contribution in [0.25, 0.3) is 0 Å². The van der Waals surface area contributed by atoms with Crippen LogP contribution in [-0.4, -0.2) is 57.0 Å². The third kappa shape index (κ3) is 4.57. The number of carbonyl (C=O) groups is 1. The van der Waals surface area contributed by atoms with Gasteiger partial charge in [-0.1, -0.05) is 29.8 Å². The zero-order chi connectivity index (χ0) is 27.1. The van der Waals surface area contributed by atoms with Gasteiger partial charge in [-0.3, -0.25) is 14.9 Å². The van der Waals surface area contributed by atoms with E-state index in [1.54, 1.807) is 6.92 Å². The molecule has 0 aromatic heterocycles. The van der Waals surface area contributed by atoms with Crippen LogP contribution in [0.3, 0.4) is 0 Å². The number of hydrogen-bond donors (Lipinski definition) is 1. The number of ether oxygens (including phenoxy) is 1. The molecule has 1 atom stereocenters. The summed E-state index contributed by atoms with van der Waals surface area (Å²) in [5, 5.41) is 24.1. The van der Waals surface area contributed by atoms with Gasteiger partial charge in [0, 0.05) is 18.6 Å². The minimum absolute atomic E-state index is 0.0169. The lowest BCUT2D eigenvalue weighted by molar-refractivity contribution is -0.401. The molecule has 0 fully saturated rings. The van der Waals surface area contributed by atoms with Crippen molar-refractivity contribution in [2.45, 2.75) is 37.1 Å². The van der Waals surface area contributed by atoms with Crippen molar-refractivity contribution < 1.29 is 50.3 Å². The highest BCUT2D eigenvalue weighted by atomic mass is 19.4. The number of hydrogen-bond acceptors (Lipinski definition) is 6. The molecule has 2 aromatic carbocycles. The number of aryl methyl sites for hydroxylation is 1. The number of carbonyl (C=O) groups excluding carboxylic acids is 1. The Morgan fingerprint density at radius 3 is 2.14 bits per heavy atom. The molecule has 0 bridgehead atoms. The molecular formula is C21H16F7N3O5. The summed E-state index contributed by atoms with van der Waals surface area (Å²) in [6.07, 6.45) is -8.33. The van der Waals surface area contributed by atoms with E-state index in [1.165, 1.54) is 24.3 Å². The maximum atomic E-state index is 14.7. The summed E-state index contributed by atoms with van der Waals surface area (Å²) in [6, 6.07) is 9.48. The number of rotatable bonds is 7. The van der Waals surface area contributed by atoms with Crippen LogP contribution in [0.15, 0.2) is 53.6 Å². The third-order valence-corrected chi connectivity index (χ3v) is 5.27. The van der Waals surface area contributed by atoms with Crippen LogP contribution in [0.5, 0.6) is 5.75 Å². The van der Waals surface area contributed by atoms with E-state index in [9.17, 15) is 50.7 Å². The highest BCUT2D eigenvalue weighted by molar-refractivity contribution is 6.03. The molecule has 1 aliphatic heterocycles. The third-order valence-electron chi connectivity index (χ3n) is 5.27. The molecule has 15 heteroatoms. The molecule has 2 aromatic rings. The van der Waals surface area contributed by atoms with Crippen LogP contribution in [-0.2, 0) is 4.79 Å². The predicted octanol–water partition coefficient (Wildman–Crippen LogP) is 4.44. The van der Waals surface area contributed by atoms with Gasteiger partial charge < -0.3 is 9.84 Å². The normalized spacial score (nSPS) is 18.7. The summed E-state index contributed by atoms with van der Waals surface area (Å²) < 4.78 is 101. The Bertz CT molecular complexity index is 1180. The Balaban J connectivity index is 1.97. The summed E-state index contributed by atoms with van der Waals surface area (Å²) in [5.41, 5.74) is -4.66. The SMILES string of the molecule is Cc1ccc(C2=NN(C(=O)COc3ccc([N+](=O)[O-])cc3)[C@](O)(C(F)(F)C(F)(F)C(F)(F)F)C2)cc1. The van der Waals surface area contributed by atoms with Crippen molar-refractivity contribution in [2.75, 3.05) is 6.61 Å². The Morgan fingerprint density at radius 2 is 1.64 bits per heavy atom. The summed E-state index contributed by atoms with van der Waals surface area (Å²) >= 11 is 0. The molecule has 0 aliphatic carbocycles. The molecule has 1 aliphatic rings. The number of non-ortho nitro benzene ring substituents is 1. The van der Waals surface area contributed by atoms with E-state index >= 15 is 0 Å². The summed E-state index contributed by atoms with van der Waals surface area (Å²) in [5.74, 6) is -14.9. The van der Waals surface area contributed by atoms with Gasteiger partial charge in [0.15, 0.2) is 6.61 Å². The topological polar surface area (TPSA) is 105 Å². The summed E-state index contributed by atoms with van der Waals surface area (Å²) in [4.78, 5) is 22.6. The second kappa shape index (κ2) is 9.04. The number of nitro benzene ring substituents is 1. The van der Waals surface area contributed by atoms with Gasteiger partial charge in [-0.05, 0) is 24.6 Å². The molecule has 1 amide bonds. The second-order valence-corrected chi connectivity index (χ2v) is 7.80. The number of benzene rings is 2. The van der Waals surface area contributed by atoms with Crippen molar-refractivity contribution in [2.24, 2.45) is 5.10 Å². The van der Waals surface area contributed by atoms with Crippen LogP contribution < -0.4 is 4.74 Å². The molecule has 1 N–H and O–H groups in total. The first-order valence-electron chi connectivity index (χ1n) is 9.91. The average Bonchev–Trinajstić information content (AvgIpc) is 3.16. The number of amides is 1. The van der Waals surface area contributed by atoms with Gasteiger partial charge in [0.1, 0.15) is 5.75 Å². The van der Waals surface area contributed by atoms with Crippen molar-refractivity contribution in [3.8, 4) is 5.75 Å². The lowest BCUT2D eigenvalue weighted by Crippen LogP contribution is -2.69. The zero-order valence-electron chi connectivity index (χ0n) is 18.1. The summed E-state index contributed by atoms with van der Waals surface area (Å²) in [7, 11) is 0. The molecule has 0 saturated heterocycles. The molecule has 194 valence electrons. The number of aliphatic hydroxyl groups is 1. The lowest BCUT2D eigenvalue weighted by atomic mass is 9.91. The first kappa shape index (κ1) is 26.8. The van der Waals surface area contributed by atoms with Gasteiger partial charge >= 0.3 is 18.0 Å². The van der Waals surface area contributed by atoms with Crippen LogP contribution in [0, 0.1) is 17.0 Å². The molecule has 1 heterocycles. The molecule has 3 rings (SSSR count). The fraction of sp³-hybridized carbons (Fsp3) is 0.333. The quantitative estimate of drug-likeness (QED) is 0.328. The molecule has 0 radical (unpaired) electrons. The Labute approximate surface area is 197 Å². The number of halogens is 7. The van der Waals surface area contributed by atoms with Crippen molar-refractivity contribution >= 4 is 17.3 Å². The van der Waals surface area contributed by atoms with Gasteiger partial charge in [0.25, 0.3) is 11.6 Å². The Hall–Kier alpha value is -3.75. The highest BCUT2D eigenvalue weighted by Crippen LogP contribution is 2.54.